The van der Waals surface area contributed by atoms with E-state index in [9.17, 15) is 9.18 Å². The van der Waals surface area contributed by atoms with Crippen molar-refractivity contribution in [3.8, 4) is 11.8 Å². The normalized spacial score (nSPS) is 9.67. The Morgan fingerprint density at radius 2 is 2.24 bits per heavy atom. The zero-order valence-electron chi connectivity index (χ0n) is 11.5. The number of aryl methyl sites for hydroxylation is 1. The molecule has 0 atom stereocenters. The van der Waals surface area contributed by atoms with Crippen molar-refractivity contribution in [1.29, 1.82) is 0 Å². The Balaban J connectivity index is 2.22. The molecule has 2 aromatic rings. The number of carbonyl (C=O) groups is 1. The maximum atomic E-state index is 14.0. The van der Waals surface area contributed by atoms with E-state index in [0.717, 1.165) is 5.56 Å². The highest BCUT2D eigenvalue weighted by molar-refractivity contribution is 6.04. The summed E-state index contributed by atoms with van der Waals surface area (Å²) in [6.07, 6.45) is 1.56. The number of hydrogen-bond donors (Lipinski definition) is 2. The Bertz CT molecular complexity index is 732. The molecular formula is C16H14FN3O. The van der Waals surface area contributed by atoms with Crippen LogP contribution < -0.4 is 11.1 Å². The fourth-order valence-corrected chi connectivity index (χ4v) is 1.72. The molecule has 2 rings (SSSR count). The second-order valence-electron chi connectivity index (χ2n) is 4.32. The lowest BCUT2D eigenvalue weighted by molar-refractivity contribution is 0.102. The number of aromatic nitrogens is 1. The molecule has 1 heterocycles. The molecule has 0 bridgehead atoms. The molecule has 0 aliphatic carbocycles. The number of hydrogen-bond acceptors (Lipinski definition) is 3. The van der Waals surface area contributed by atoms with E-state index in [-0.39, 0.29) is 12.1 Å². The number of pyridine rings is 1. The molecule has 0 saturated heterocycles. The second kappa shape index (κ2) is 6.64. The molecule has 3 N–H and O–H groups in total. The van der Waals surface area contributed by atoms with Crippen molar-refractivity contribution in [2.45, 2.75) is 6.92 Å². The molecule has 0 unspecified atom stereocenters. The van der Waals surface area contributed by atoms with Crippen LogP contribution in [0.1, 0.15) is 21.5 Å². The fourth-order valence-electron chi connectivity index (χ4n) is 1.72. The summed E-state index contributed by atoms with van der Waals surface area (Å²) in [6, 6.07) is 7.75. The summed E-state index contributed by atoms with van der Waals surface area (Å²) in [7, 11) is 0. The minimum absolute atomic E-state index is 0.0571. The molecule has 4 nitrogen and oxygen atoms in total. The number of anilines is 1. The smallest absolute Gasteiger partial charge is 0.259 e. The zero-order chi connectivity index (χ0) is 15.2. The summed E-state index contributed by atoms with van der Waals surface area (Å²) in [6.45, 7) is 2.01. The number of nitrogens with zero attached hydrogens (tertiary/aromatic N) is 1. The Kier molecular flexibility index (Phi) is 4.64. The van der Waals surface area contributed by atoms with Gasteiger partial charge < -0.3 is 11.1 Å². The topological polar surface area (TPSA) is 68.0 Å². The maximum Gasteiger partial charge on any atom is 0.259 e. The van der Waals surface area contributed by atoms with Crippen molar-refractivity contribution >= 4 is 11.7 Å². The fraction of sp³-hybridized carbons (Fsp3) is 0.125. The molecule has 1 aromatic heterocycles. The summed E-state index contributed by atoms with van der Waals surface area (Å²) in [5, 5.41) is 2.58. The maximum absolute atomic E-state index is 14.0. The van der Waals surface area contributed by atoms with Crippen LogP contribution in [0.5, 0.6) is 0 Å². The first-order valence-corrected chi connectivity index (χ1v) is 6.33. The predicted octanol–water partition coefficient (Wildman–Crippen LogP) is 2.09. The average Bonchev–Trinajstić information content (AvgIpc) is 2.47. The van der Waals surface area contributed by atoms with Gasteiger partial charge in [0.05, 0.1) is 12.1 Å². The van der Waals surface area contributed by atoms with Gasteiger partial charge in [0.15, 0.2) is 0 Å². The van der Waals surface area contributed by atoms with Crippen molar-refractivity contribution < 1.29 is 9.18 Å². The molecule has 0 saturated carbocycles. The van der Waals surface area contributed by atoms with Gasteiger partial charge in [0.1, 0.15) is 11.6 Å². The Hall–Kier alpha value is -2.71. The quantitative estimate of drug-likeness (QED) is 0.829. The minimum atomic E-state index is -0.634. The van der Waals surface area contributed by atoms with Gasteiger partial charge >= 0.3 is 0 Å². The molecule has 21 heavy (non-hydrogen) atoms. The largest absolute Gasteiger partial charge is 0.320 e. The van der Waals surface area contributed by atoms with Gasteiger partial charge in [-0.15, -0.1) is 0 Å². The van der Waals surface area contributed by atoms with E-state index in [0.29, 0.717) is 11.4 Å². The predicted molar refractivity (Wildman–Crippen MR) is 79.3 cm³/mol. The number of rotatable bonds is 2. The molecule has 5 heteroatoms. The number of carbonyl (C=O) groups excluding carboxylic acids is 1. The first-order chi connectivity index (χ1) is 10.1. The molecule has 106 valence electrons. The van der Waals surface area contributed by atoms with Gasteiger partial charge in [-0.05, 0) is 36.8 Å². The Morgan fingerprint density at radius 3 is 2.90 bits per heavy atom. The van der Waals surface area contributed by atoms with E-state index in [1.165, 1.54) is 12.1 Å². The van der Waals surface area contributed by atoms with Crippen LogP contribution in [0, 0.1) is 24.6 Å². The van der Waals surface area contributed by atoms with Crippen LogP contribution in [0.3, 0.4) is 0 Å². The molecule has 1 aromatic carbocycles. The van der Waals surface area contributed by atoms with Crippen LogP contribution in [-0.4, -0.2) is 17.4 Å². The molecule has 0 aliphatic rings. The van der Waals surface area contributed by atoms with Crippen LogP contribution in [0.2, 0.25) is 0 Å². The highest BCUT2D eigenvalue weighted by atomic mass is 19.1. The van der Waals surface area contributed by atoms with Gasteiger partial charge in [-0.1, -0.05) is 17.9 Å². The second-order valence-corrected chi connectivity index (χ2v) is 4.32. The van der Waals surface area contributed by atoms with Crippen LogP contribution in [-0.2, 0) is 0 Å². The summed E-state index contributed by atoms with van der Waals surface area (Å²) >= 11 is 0. The lowest BCUT2D eigenvalue weighted by Gasteiger charge is -2.07. The zero-order valence-corrected chi connectivity index (χ0v) is 11.5. The molecule has 0 fully saturated rings. The van der Waals surface area contributed by atoms with Gasteiger partial charge in [-0.25, -0.2) is 9.37 Å². The van der Waals surface area contributed by atoms with E-state index in [2.05, 4.69) is 22.1 Å². The molecule has 0 aliphatic heterocycles. The third-order valence-electron chi connectivity index (χ3n) is 2.79. The molecular weight excluding hydrogens is 269 g/mol. The Labute approximate surface area is 122 Å². The molecule has 0 radical (unpaired) electrons. The van der Waals surface area contributed by atoms with Crippen molar-refractivity contribution in [3.63, 3.8) is 0 Å². The van der Waals surface area contributed by atoms with Gasteiger partial charge in [0, 0.05) is 11.8 Å². The summed E-state index contributed by atoms with van der Waals surface area (Å²) in [5.74, 6) is 4.57. The highest BCUT2D eigenvalue weighted by Gasteiger charge is 2.13. The van der Waals surface area contributed by atoms with E-state index in [4.69, 9.17) is 5.73 Å². The van der Waals surface area contributed by atoms with Gasteiger partial charge in [-0.2, -0.15) is 0 Å². The van der Waals surface area contributed by atoms with Crippen molar-refractivity contribution in [2.24, 2.45) is 5.73 Å². The minimum Gasteiger partial charge on any atom is -0.320 e. The number of amides is 1. The first-order valence-electron chi connectivity index (χ1n) is 6.33. The van der Waals surface area contributed by atoms with E-state index >= 15 is 0 Å². The summed E-state index contributed by atoms with van der Waals surface area (Å²) < 4.78 is 14.0. The standard InChI is InChI=1S/C16H14FN3O/c1-11-4-3-9-19-15(11)20-16(21)13-7-6-12(5-2-8-18)10-14(13)17/h3-4,6-7,9-10H,8,18H2,1H3,(H,19,20,21). The third-order valence-corrected chi connectivity index (χ3v) is 2.79. The third kappa shape index (κ3) is 3.65. The van der Waals surface area contributed by atoms with Crippen molar-refractivity contribution in [2.75, 3.05) is 11.9 Å². The summed E-state index contributed by atoms with van der Waals surface area (Å²) in [4.78, 5) is 16.1. The monoisotopic (exact) mass is 283 g/mol. The van der Waals surface area contributed by atoms with Crippen molar-refractivity contribution in [1.82, 2.24) is 4.98 Å². The Morgan fingerprint density at radius 1 is 1.43 bits per heavy atom. The number of nitrogens with one attached hydrogen (secondary N) is 1. The van der Waals surface area contributed by atoms with Crippen LogP contribution >= 0.6 is 0 Å². The lowest BCUT2D eigenvalue weighted by atomic mass is 10.1. The van der Waals surface area contributed by atoms with Crippen molar-refractivity contribution in [3.05, 3.63) is 59.0 Å². The molecule has 0 spiro atoms. The van der Waals surface area contributed by atoms with E-state index < -0.39 is 11.7 Å². The summed E-state index contributed by atoms with van der Waals surface area (Å²) in [5.41, 5.74) is 6.48. The van der Waals surface area contributed by atoms with Gasteiger partial charge in [-0.3, -0.25) is 4.79 Å². The average molecular weight is 283 g/mol. The highest BCUT2D eigenvalue weighted by Crippen LogP contribution is 2.14. The molecule has 1 amide bonds. The van der Waals surface area contributed by atoms with Crippen LogP contribution in [0.15, 0.2) is 36.5 Å². The number of halogens is 1. The number of benzene rings is 1. The lowest BCUT2D eigenvalue weighted by Crippen LogP contribution is -2.15. The van der Waals surface area contributed by atoms with E-state index in [1.54, 1.807) is 18.3 Å². The number of nitrogens with two attached hydrogens (primary N) is 1. The van der Waals surface area contributed by atoms with Crippen LogP contribution in [0.4, 0.5) is 10.2 Å². The van der Waals surface area contributed by atoms with Gasteiger partial charge in [0.25, 0.3) is 5.91 Å². The van der Waals surface area contributed by atoms with Gasteiger partial charge in [0.2, 0.25) is 0 Å². The van der Waals surface area contributed by atoms with Crippen LogP contribution in [0.25, 0.3) is 0 Å². The van der Waals surface area contributed by atoms with E-state index in [1.807, 2.05) is 13.0 Å². The SMILES string of the molecule is Cc1cccnc1NC(=O)c1ccc(C#CCN)cc1F. The first kappa shape index (κ1) is 14.7.